The molecule has 0 unspecified atom stereocenters. The molecule has 0 spiro atoms. The van der Waals surface area contributed by atoms with Gasteiger partial charge in [-0.25, -0.2) is 0 Å². The Morgan fingerprint density at radius 2 is 2.18 bits per heavy atom. The van der Waals surface area contributed by atoms with Gasteiger partial charge in [-0.1, -0.05) is 6.92 Å². The van der Waals surface area contributed by atoms with Gasteiger partial charge in [0.15, 0.2) is 0 Å². The smallest absolute Gasteiger partial charge is 0.0897 e. The lowest BCUT2D eigenvalue weighted by Crippen LogP contribution is -2.70. The van der Waals surface area contributed by atoms with Crippen LogP contribution in [0, 0.1) is 0 Å². The van der Waals surface area contributed by atoms with Crippen molar-refractivity contribution in [3.05, 3.63) is 0 Å². The third-order valence-electron chi connectivity index (χ3n) is 2.93. The van der Waals surface area contributed by atoms with E-state index in [-0.39, 0.29) is 5.60 Å². The van der Waals surface area contributed by atoms with Gasteiger partial charge >= 0.3 is 0 Å². The van der Waals surface area contributed by atoms with E-state index in [0.29, 0.717) is 6.04 Å². The summed E-state index contributed by atoms with van der Waals surface area (Å²) in [7, 11) is 0. The molecule has 3 heteroatoms. The van der Waals surface area contributed by atoms with Crippen LogP contribution in [0.1, 0.15) is 13.3 Å². The third kappa shape index (κ3) is 1.17. The summed E-state index contributed by atoms with van der Waals surface area (Å²) < 4.78 is 0. The molecule has 2 aliphatic rings. The Balaban J connectivity index is 1.78. The van der Waals surface area contributed by atoms with E-state index in [1.165, 1.54) is 0 Å². The van der Waals surface area contributed by atoms with E-state index >= 15 is 0 Å². The molecule has 2 N–H and O–H groups in total. The van der Waals surface area contributed by atoms with Gasteiger partial charge in [0.25, 0.3) is 0 Å². The average molecular weight is 156 g/mol. The van der Waals surface area contributed by atoms with Crippen molar-refractivity contribution >= 4 is 0 Å². The zero-order chi connectivity index (χ0) is 7.90. The van der Waals surface area contributed by atoms with Crippen LogP contribution in [0.2, 0.25) is 0 Å². The number of nitrogens with one attached hydrogen (secondary N) is 1. The summed E-state index contributed by atoms with van der Waals surface area (Å²) in [5, 5.41) is 12.9. The number of nitrogens with zero attached hydrogens (tertiary/aromatic N) is 1. The molecule has 0 bridgehead atoms. The Morgan fingerprint density at radius 1 is 1.55 bits per heavy atom. The molecule has 2 heterocycles. The molecule has 2 saturated heterocycles. The third-order valence-corrected chi connectivity index (χ3v) is 2.93. The lowest BCUT2D eigenvalue weighted by Gasteiger charge is -2.52. The highest BCUT2D eigenvalue weighted by Gasteiger charge is 2.43. The molecule has 2 fully saturated rings. The predicted octanol–water partition coefficient (Wildman–Crippen LogP) is -0.585. The molecule has 0 saturated carbocycles. The van der Waals surface area contributed by atoms with Gasteiger partial charge in [0.2, 0.25) is 0 Å². The molecule has 11 heavy (non-hydrogen) atoms. The van der Waals surface area contributed by atoms with E-state index in [2.05, 4.69) is 17.1 Å². The summed E-state index contributed by atoms with van der Waals surface area (Å²) in [4.78, 5) is 2.36. The fourth-order valence-electron chi connectivity index (χ4n) is 1.72. The highest BCUT2D eigenvalue weighted by Crippen LogP contribution is 2.26. The summed E-state index contributed by atoms with van der Waals surface area (Å²) in [6, 6.07) is 0.710. The Kier molecular flexibility index (Phi) is 1.67. The van der Waals surface area contributed by atoms with Crippen LogP contribution in [-0.4, -0.2) is 47.8 Å². The molecule has 0 aromatic rings. The van der Waals surface area contributed by atoms with Crippen LogP contribution in [0.15, 0.2) is 0 Å². The van der Waals surface area contributed by atoms with Crippen molar-refractivity contribution in [2.24, 2.45) is 0 Å². The first-order valence-corrected chi connectivity index (χ1v) is 4.41. The topological polar surface area (TPSA) is 35.5 Å². The van der Waals surface area contributed by atoms with Crippen LogP contribution >= 0.6 is 0 Å². The highest BCUT2D eigenvalue weighted by molar-refractivity contribution is 5.00. The normalized spacial score (nSPS) is 31.1. The van der Waals surface area contributed by atoms with Crippen molar-refractivity contribution in [1.29, 1.82) is 0 Å². The van der Waals surface area contributed by atoms with E-state index in [9.17, 15) is 5.11 Å². The maximum absolute atomic E-state index is 9.70. The van der Waals surface area contributed by atoms with E-state index in [1.807, 2.05) is 0 Å². The number of hydrogen-bond donors (Lipinski definition) is 2. The fraction of sp³-hybridized carbons (Fsp3) is 1.00. The number of hydrogen-bond acceptors (Lipinski definition) is 3. The van der Waals surface area contributed by atoms with Gasteiger partial charge in [0.05, 0.1) is 5.60 Å². The summed E-state index contributed by atoms with van der Waals surface area (Å²) in [6.07, 6.45) is 0.893. The summed E-state index contributed by atoms with van der Waals surface area (Å²) in [5.41, 5.74) is -0.352. The van der Waals surface area contributed by atoms with Gasteiger partial charge in [-0.2, -0.15) is 0 Å². The maximum atomic E-state index is 9.70. The first kappa shape index (κ1) is 7.53. The molecule has 2 aliphatic heterocycles. The number of rotatable bonds is 2. The van der Waals surface area contributed by atoms with Gasteiger partial charge in [-0.3, -0.25) is 4.90 Å². The van der Waals surface area contributed by atoms with Gasteiger partial charge < -0.3 is 10.4 Å². The molecule has 0 aliphatic carbocycles. The number of likely N-dealkylation sites (tertiary alicyclic amines) is 1. The van der Waals surface area contributed by atoms with E-state index in [4.69, 9.17) is 0 Å². The van der Waals surface area contributed by atoms with Crippen LogP contribution in [0.4, 0.5) is 0 Å². The van der Waals surface area contributed by atoms with Gasteiger partial charge in [0.1, 0.15) is 0 Å². The standard InChI is InChI=1S/C8H16N2O/c1-2-8(11)5-10(6-8)7-3-9-4-7/h7,9,11H,2-6H2,1H3. The minimum absolute atomic E-state index is 0.352. The molecular weight excluding hydrogens is 140 g/mol. The highest BCUT2D eigenvalue weighted by atomic mass is 16.3. The summed E-state index contributed by atoms with van der Waals surface area (Å²) >= 11 is 0. The lowest BCUT2D eigenvalue weighted by molar-refractivity contribution is -0.123. The SMILES string of the molecule is CCC1(O)CN(C2CNC2)C1. The van der Waals surface area contributed by atoms with Gasteiger partial charge in [-0.05, 0) is 6.42 Å². The first-order chi connectivity index (χ1) is 5.23. The van der Waals surface area contributed by atoms with Crippen molar-refractivity contribution in [3.63, 3.8) is 0 Å². The first-order valence-electron chi connectivity index (χ1n) is 4.41. The van der Waals surface area contributed by atoms with Gasteiger partial charge in [-0.15, -0.1) is 0 Å². The fourth-order valence-corrected chi connectivity index (χ4v) is 1.72. The molecule has 0 aromatic heterocycles. The van der Waals surface area contributed by atoms with E-state index < -0.39 is 0 Å². The quantitative estimate of drug-likeness (QED) is 0.561. The van der Waals surface area contributed by atoms with Crippen molar-refractivity contribution in [1.82, 2.24) is 10.2 Å². The predicted molar refractivity (Wildman–Crippen MR) is 43.5 cm³/mol. The second-order valence-electron chi connectivity index (χ2n) is 3.79. The zero-order valence-corrected chi connectivity index (χ0v) is 7.01. The molecule has 0 radical (unpaired) electrons. The van der Waals surface area contributed by atoms with Crippen LogP contribution in [0.5, 0.6) is 0 Å². The minimum atomic E-state index is -0.352. The Hall–Kier alpha value is -0.120. The summed E-state index contributed by atoms with van der Waals surface area (Å²) in [5.74, 6) is 0. The Labute approximate surface area is 67.4 Å². The largest absolute Gasteiger partial charge is 0.387 e. The van der Waals surface area contributed by atoms with Crippen molar-refractivity contribution in [2.45, 2.75) is 25.0 Å². The molecule has 2 rings (SSSR count). The number of aliphatic hydroxyl groups is 1. The molecule has 64 valence electrons. The van der Waals surface area contributed by atoms with E-state index in [1.54, 1.807) is 0 Å². The molecule has 0 atom stereocenters. The number of β-amino-alcohol motifs (C(OH)–C–C–N with tert-alkyl or cyclic N) is 1. The molecule has 3 nitrogen and oxygen atoms in total. The summed E-state index contributed by atoms with van der Waals surface area (Å²) in [6.45, 7) is 6.04. The van der Waals surface area contributed by atoms with Crippen LogP contribution < -0.4 is 5.32 Å². The monoisotopic (exact) mass is 156 g/mol. The molecule has 0 aromatic carbocycles. The van der Waals surface area contributed by atoms with Crippen LogP contribution in [-0.2, 0) is 0 Å². The maximum Gasteiger partial charge on any atom is 0.0897 e. The van der Waals surface area contributed by atoms with Gasteiger partial charge in [0, 0.05) is 32.2 Å². The molecule has 0 amide bonds. The van der Waals surface area contributed by atoms with Crippen molar-refractivity contribution < 1.29 is 5.11 Å². The van der Waals surface area contributed by atoms with Crippen LogP contribution in [0.3, 0.4) is 0 Å². The average Bonchev–Trinajstić information content (AvgIpc) is 1.80. The Morgan fingerprint density at radius 3 is 2.55 bits per heavy atom. The lowest BCUT2D eigenvalue weighted by atomic mass is 9.88. The van der Waals surface area contributed by atoms with Crippen molar-refractivity contribution in [2.75, 3.05) is 26.2 Å². The second-order valence-corrected chi connectivity index (χ2v) is 3.79. The molecular formula is C8H16N2O. The second kappa shape index (κ2) is 2.44. The minimum Gasteiger partial charge on any atom is -0.387 e. The van der Waals surface area contributed by atoms with E-state index in [0.717, 1.165) is 32.6 Å². The van der Waals surface area contributed by atoms with Crippen molar-refractivity contribution in [3.8, 4) is 0 Å². The van der Waals surface area contributed by atoms with Crippen LogP contribution in [0.25, 0.3) is 0 Å². The Bertz CT molecular complexity index is 150. The zero-order valence-electron chi connectivity index (χ0n) is 7.01.